The van der Waals surface area contributed by atoms with Gasteiger partial charge in [0.15, 0.2) is 6.10 Å². The van der Waals surface area contributed by atoms with Gasteiger partial charge in [0, 0.05) is 12.8 Å². The van der Waals surface area contributed by atoms with Crippen LogP contribution in [-0.2, 0) is 32.7 Å². The van der Waals surface area contributed by atoms with Crippen LogP contribution >= 0.6 is 7.82 Å². The molecule has 0 saturated heterocycles. The smallest absolute Gasteiger partial charge is 0.306 e. The number of hydrogen-bond donors (Lipinski definition) is 0. The minimum Gasteiger partial charge on any atom is -0.756 e. The Kier molecular flexibility index (Phi) is 39.4. The van der Waals surface area contributed by atoms with Crippen LogP contribution in [0, 0.1) is 0 Å². The summed E-state index contributed by atoms with van der Waals surface area (Å²) < 4.78 is 33.9. The molecule has 0 fully saturated rings. The Labute approximate surface area is 357 Å². The Bertz CT molecular complexity index is 1090. The molecule has 0 spiro atoms. The molecule has 0 aliphatic heterocycles. The summed E-state index contributed by atoms with van der Waals surface area (Å²) in [7, 11) is 1.14. The number of unbranched alkanes of at least 4 members (excludes halogenated alkanes) is 23. The molecule has 0 aromatic rings. The third-order valence-electron chi connectivity index (χ3n) is 10.1. The van der Waals surface area contributed by atoms with Gasteiger partial charge in [0.2, 0.25) is 0 Å². The Balaban J connectivity index is 4.37. The van der Waals surface area contributed by atoms with Gasteiger partial charge in [0.25, 0.3) is 7.82 Å². The van der Waals surface area contributed by atoms with E-state index in [2.05, 4.69) is 50.3 Å². The van der Waals surface area contributed by atoms with Crippen molar-refractivity contribution >= 4 is 19.8 Å². The van der Waals surface area contributed by atoms with Crippen LogP contribution < -0.4 is 4.89 Å². The van der Waals surface area contributed by atoms with Crippen molar-refractivity contribution in [2.75, 3.05) is 47.5 Å². The average molecular weight is 840 g/mol. The van der Waals surface area contributed by atoms with Crippen LogP contribution in [0.1, 0.15) is 206 Å². The molecule has 0 aromatic carbocycles. The maximum absolute atomic E-state index is 12.7. The maximum atomic E-state index is 12.7. The molecular weight excluding hydrogens is 750 g/mol. The molecule has 1 unspecified atom stereocenters. The second kappa shape index (κ2) is 40.6. The fraction of sp³-hybridized carbons (Fsp3) is 0.833. The normalized spacial score (nSPS) is 13.8. The molecular formula is C48H90NO8P. The molecule has 2 atom stereocenters. The van der Waals surface area contributed by atoms with Gasteiger partial charge in [-0.25, -0.2) is 0 Å². The summed E-state index contributed by atoms with van der Waals surface area (Å²) in [6, 6.07) is 0. The molecule has 0 saturated carbocycles. The third kappa shape index (κ3) is 43.8. The van der Waals surface area contributed by atoms with Gasteiger partial charge in [-0.15, -0.1) is 0 Å². The monoisotopic (exact) mass is 840 g/mol. The van der Waals surface area contributed by atoms with Gasteiger partial charge in [-0.1, -0.05) is 166 Å². The fourth-order valence-corrected chi connectivity index (χ4v) is 7.12. The quantitative estimate of drug-likeness (QED) is 0.0196. The number of allylic oxidation sites excluding steroid dienone is 6. The van der Waals surface area contributed by atoms with E-state index in [0.717, 1.165) is 38.5 Å². The minimum atomic E-state index is -4.64. The van der Waals surface area contributed by atoms with Crippen molar-refractivity contribution in [3.63, 3.8) is 0 Å². The summed E-state index contributed by atoms with van der Waals surface area (Å²) in [4.78, 5) is 37.6. The molecule has 0 aliphatic carbocycles. The number of esters is 2. The number of carbonyl (C=O) groups is 2. The van der Waals surface area contributed by atoms with Crippen LogP contribution in [0.5, 0.6) is 0 Å². The lowest BCUT2D eigenvalue weighted by Crippen LogP contribution is -2.37. The average Bonchev–Trinajstić information content (AvgIpc) is 3.17. The topological polar surface area (TPSA) is 111 Å². The molecule has 0 aliphatic rings. The van der Waals surface area contributed by atoms with Gasteiger partial charge in [-0.05, 0) is 64.2 Å². The molecule has 340 valence electrons. The molecule has 0 N–H and O–H groups in total. The van der Waals surface area contributed by atoms with Crippen molar-refractivity contribution in [3.8, 4) is 0 Å². The number of phosphoric ester groups is 1. The first-order valence-electron chi connectivity index (χ1n) is 23.7. The van der Waals surface area contributed by atoms with Crippen LogP contribution in [-0.4, -0.2) is 70.0 Å². The minimum absolute atomic E-state index is 0.0382. The number of quaternary nitrogens is 1. The van der Waals surface area contributed by atoms with Crippen LogP contribution in [0.2, 0.25) is 0 Å². The summed E-state index contributed by atoms with van der Waals surface area (Å²) in [6.45, 7) is 4.18. The zero-order chi connectivity index (χ0) is 42.8. The fourth-order valence-electron chi connectivity index (χ4n) is 6.39. The molecule has 0 amide bonds. The van der Waals surface area contributed by atoms with Crippen LogP contribution in [0.3, 0.4) is 0 Å². The van der Waals surface area contributed by atoms with Gasteiger partial charge in [0.1, 0.15) is 19.8 Å². The van der Waals surface area contributed by atoms with Crippen LogP contribution in [0.25, 0.3) is 0 Å². The van der Waals surface area contributed by atoms with Crippen molar-refractivity contribution in [1.82, 2.24) is 0 Å². The van der Waals surface area contributed by atoms with E-state index >= 15 is 0 Å². The first-order chi connectivity index (χ1) is 28.0. The van der Waals surface area contributed by atoms with Crippen molar-refractivity contribution in [1.29, 1.82) is 0 Å². The summed E-state index contributed by atoms with van der Waals surface area (Å²) >= 11 is 0. The highest BCUT2D eigenvalue weighted by Gasteiger charge is 2.21. The number of ether oxygens (including phenoxy) is 2. The first kappa shape index (κ1) is 56.2. The molecule has 0 rings (SSSR count). The Morgan fingerprint density at radius 3 is 1.45 bits per heavy atom. The Hall–Kier alpha value is -1.77. The van der Waals surface area contributed by atoms with Gasteiger partial charge in [0.05, 0.1) is 27.7 Å². The summed E-state index contributed by atoms with van der Waals surface area (Å²) in [6.07, 6.45) is 46.1. The van der Waals surface area contributed by atoms with Gasteiger partial charge in [-0.2, -0.15) is 0 Å². The van der Waals surface area contributed by atoms with E-state index in [9.17, 15) is 19.0 Å². The Morgan fingerprint density at radius 2 is 0.948 bits per heavy atom. The Morgan fingerprint density at radius 1 is 0.534 bits per heavy atom. The van der Waals surface area contributed by atoms with E-state index in [-0.39, 0.29) is 26.1 Å². The van der Waals surface area contributed by atoms with Crippen molar-refractivity contribution in [3.05, 3.63) is 36.5 Å². The zero-order valence-electron chi connectivity index (χ0n) is 38.2. The number of carbonyl (C=O) groups excluding carboxylic acids is 2. The lowest BCUT2D eigenvalue weighted by molar-refractivity contribution is -0.870. The number of rotatable bonds is 43. The predicted molar refractivity (Wildman–Crippen MR) is 241 cm³/mol. The van der Waals surface area contributed by atoms with Gasteiger partial charge >= 0.3 is 11.9 Å². The van der Waals surface area contributed by atoms with E-state index in [4.69, 9.17) is 18.5 Å². The number of likely N-dealkylation sites (N-methyl/N-ethyl adjacent to an activating group) is 1. The van der Waals surface area contributed by atoms with E-state index in [1.54, 1.807) is 0 Å². The number of hydrogen-bond acceptors (Lipinski definition) is 8. The summed E-state index contributed by atoms with van der Waals surface area (Å²) in [5, 5.41) is 0. The molecule has 9 nitrogen and oxygen atoms in total. The van der Waals surface area contributed by atoms with Crippen LogP contribution in [0.4, 0.5) is 0 Å². The molecule has 0 bridgehead atoms. The molecule has 0 aromatic heterocycles. The van der Waals surface area contributed by atoms with E-state index in [1.807, 2.05) is 21.1 Å². The highest BCUT2D eigenvalue weighted by Crippen LogP contribution is 2.38. The van der Waals surface area contributed by atoms with E-state index in [1.165, 1.54) is 135 Å². The van der Waals surface area contributed by atoms with E-state index in [0.29, 0.717) is 17.4 Å². The highest BCUT2D eigenvalue weighted by atomic mass is 31.2. The lowest BCUT2D eigenvalue weighted by atomic mass is 10.1. The zero-order valence-corrected chi connectivity index (χ0v) is 39.1. The number of nitrogens with zero attached hydrogens (tertiary/aromatic N) is 1. The lowest BCUT2D eigenvalue weighted by Gasteiger charge is -2.28. The second-order valence-corrected chi connectivity index (χ2v) is 18.5. The summed E-state index contributed by atoms with van der Waals surface area (Å²) in [5.41, 5.74) is 0. The van der Waals surface area contributed by atoms with Gasteiger partial charge in [-0.3, -0.25) is 14.2 Å². The van der Waals surface area contributed by atoms with Crippen LogP contribution in [0.15, 0.2) is 36.5 Å². The predicted octanol–water partition coefficient (Wildman–Crippen LogP) is 13.1. The molecule has 0 radical (unpaired) electrons. The third-order valence-corrected chi connectivity index (χ3v) is 11.1. The largest absolute Gasteiger partial charge is 0.756 e. The second-order valence-electron chi connectivity index (χ2n) is 17.1. The molecule has 10 heteroatoms. The highest BCUT2D eigenvalue weighted by molar-refractivity contribution is 7.45. The SMILES string of the molecule is CCCCCC/C=C/CCCCCCCCCCCC(=O)OC[C@H](COP(=O)([O-])OCC[N+](C)(C)C)OC(=O)CCC/C=C/C/C=C/CCCCCCCCCCC. The van der Waals surface area contributed by atoms with E-state index < -0.39 is 32.5 Å². The van der Waals surface area contributed by atoms with Crippen molar-refractivity contribution in [2.45, 2.75) is 213 Å². The van der Waals surface area contributed by atoms with Crippen molar-refractivity contribution < 1.29 is 42.1 Å². The van der Waals surface area contributed by atoms with Crippen molar-refractivity contribution in [2.24, 2.45) is 0 Å². The molecule has 0 heterocycles. The van der Waals surface area contributed by atoms with Gasteiger partial charge < -0.3 is 27.9 Å². The number of phosphoric acid groups is 1. The molecule has 58 heavy (non-hydrogen) atoms. The maximum Gasteiger partial charge on any atom is 0.306 e. The standard InChI is InChI=1S/C48H90NO8P/c1-6-8-10-12-14-16-18-20-22-24-26-28-30-32-34-36-38-40-47(50)54-44-46(45-56-58(52,53)55-43-42-49(3,4)5)57-48(51)41-39-37-35-33-31-29-27-25-23-21-19-17-15-13-11-9-7-2/h16,18,27,29,33,35,46H,6-15,17,19-26,28,30-32,34,36-45H2,1-5H3/b18-16+,29-27+,35-33+/t46-/m1/s1. The summed E-state index contributed by atoms with van der Waals surface area (Å²) in [5.74, 6) is -0.886. The first-order valence-corrected chi connectivity index (χ1v) is 25.2.